The summed E-state index contributed by atoms with van der Waals surface area (Å²) in [6.07, 6.45) is -0.163. The number of anilines is 1. The number of aromatic nitrogens is 1. The van der Waals surface area contributed by atoms with E-state index in [1.165, 1.54) is 12.5 Å². The van der Waals surface area contributed by atoms with Gasteiger partial charge in [0.2, 0.25) is 5.91 Å². The second kappa shape index (κ2) is 8.22. The molecular weight excluding hydrogens is 490 g/mol. The first kappa shape index (κ1) is 22.3. The highest BCUT2D eigenvalue weighted by molar-refractivity contribution is 8.01. The van der Waals surface area contributed by atoms with Crippen LogP contribution in [0.15, 0.2) is 10.5 Å². The molecule has 13 nitrogen and oxygen atoms in total. The third kappa shape index (κ3) is 3.36. The zero-order valence-corrected chi connectivity index (χ0v) is 18.5. The molecule has 0 radical (unpaired) electrons. The zero-order chi connectivity index (χ0) is 23.2. The van der Waals surface area contributed by atoms with Crippen molar-refractivity contribution in [2.24, 2.45) is 5.16 Å². The quantitative estimate of drug-likeness (QED) is 0.140. The Morgan fingerprint density at radius 1 is 1.47 bits per heavy atom. The number of nitrogens with zero attached hydrogens (tertiary/aromatic N) is 3. The lowest BCUT2D eigenvalue weighted by molar-refractivity contribution is -0.204. The van der Waals surface area contributed by atoms with Gasteiger partial charge < -0.3 is 25.3 Å². The summed E-state index contributed by atoms with van der Waals surface area (Å²) >= 11 is 7.53. The van der Waals surface area contributed by atoms with Crippen molar-refractivity contribution in [2.75, 3.05) is 18.3 Å². The Morgan fingerprint density at radius 2 is 2.22 bits per heavy atom. The highest BCUT2D eigenvalue weighted by Crippen LogP contribution is 2.55. The second-order valence-corrected chi connectivity index (χ2v) is 9.15. The Labute approximate surface area is 192 Å². The summed E-state index contributed by atoms with van der Waals surface area (Å²) in [5, 5.41) is 18.3. The molecule has 3 amide bonds. The Bertz CT molecular complexity index is 1060. The van der Waals surface area contributed by atoms with Crippen molar-refractivity contribution < 1.29 is 38.7 Å². The van der Waals surface area contributed by atoms with Gasteiger partial charge in [0, 0.05) is 5.38 Å². The third-order valence-electron chi connectivity index (χ3n) is 4.87. The minimum Gasteiger partial charge on any atom is -0.477 e. The molecule has 4 rings (SSSR count). The lowest BCUT2D eigenvalue weighted by atomic mass is 9.98. The van der Waals surface area contributed by atoms with Crippen molar-refractivity contribution in [3.63, 3.8) is 0 Å². The molecule has 3 aliphatic heterocycles. The first-order chi connectivity index (χ1) is 15.2. The minimum atomic E-state index is -2.07. The number of thiazole rings is 1. The highest BCUT2D eigenvalue weighted by atomic mass is 35.5. The van der Waals surface area contributed by atoms with Crippen LogP contribution in [0.1, 0.15) is 12.1 Å². The van der Waals surface area contributed by atoms with E-state index in [2.05, 4.69) is 20.8 Å². The average molecular weight is 504 g/mol. The number of carbonyl (C=O) groups is 5. The number of carboxylic acid groups (broad SMARTS) is 1. The number of β-lactam (4-membered cyclic amide) rings is 1. The van der Waals surface area contributed by atoms with Crippen molar-refractivity contribution in [2.45, 2.75) is 28.8 Å². The van der Waals surface area contributed by atoms with Crippen LogP contribution in [0.2, 0.25) is 0 Å². The standard InChI is InChI=1S/C16H14ClN5O8S2/c1-29-21-9(5-4-31-15(18-5)19-7(23)3-17)11(25)20-10-12(26)22-13(10)32-6-2-8(24)30-16(6,22)14(27)28/h4,6,10,13H,2-3H2,1H3,(H,20,25)(H,27,28)(H,18,19,23)/t6-,10+,13+,16-/m0/s1. The summed E-state index contributed by atoms with van der Waals surface area (Å²) in [5.74, 6) is -4.43. The van der Waals surface area contributed by atoms with Gasteiger partial charge in [0.15, 0.2) is 10.8 Å². The number of carbonyl (C=O) groups excluding carboxylic acids is 4. The van der Waals surface area contributed by atoms with Crippen LogP contribution < -0.4 is 10.6 Å². The minimum absolute atomic E-state index is 0.0785. The summed E-state index contributed by atoms with van der Waals surface area (Å²) in [6, 6.07) is -1.07. The van der Waals surface area contributed by atoms with E-state index >= 15 is 0 Å². The Balaban J connectivity index is 1.50. The maximum atomic E-state index is 12.8. The molecule has 3 N–H and O–H groups in total. The number of hydrogen-bond donors (Lipinski definition) is 3. The number of halogens is 1. The fourth-order valence-corrected chi connectivity index (χ4v) is 6.07. The molecule has 170 valence electrons. The number of oxime groups is 1. The van der Waals surface area contributed by atoms with Crippen LogP contribution in [-0.2, 0) is 33.5 Å². The predicted molar refractivity (Wildman–Crippen MR) is 110 cm³/mol. The second-order valence-electron chi connectivity index (χ2n) is 6.70. The van der Waals surface area contributed by atoms with Crippen molar-refractivity contribution in [3.05, 3.63) is 11.1 Å². The molecule has 16 heteroatoms. The number of rotatable bonds is 7. The Hall–Kier alpha value is -2.91. The molecular formula is C16H14ClN5O8S2. The van der Waals surface area contributed by atoms with Crippen molar-refractivity contribution in [3.8, 4) is 0 Å². The maximum Gasteiger partial charge on any atom is 0.371 e. The first-order valence-electron chi connectivity index (χ1n) is 8.90. The summed E-state index contributed by atoms with van der Waals surface area (Å²) in [5.41, 5.74) is -2.25. The van der Waals surface area contributed by atoms with Crippen molar-refractivity contribution in [1.29, 1.82) is 0 Å². The molecule has 1 aromatic heterocycles. The number of thioether (sulfide) groups is 1. The highest BCUT2D eigenvalue weighted by Gasteiger charge is 2.75. The molecule has 0 unspecified atom stereocenters. The van der Waals surface area contributed by atoms with Gasteiger partial charge >= 0.3 is 11.9 Å². The number of aliphatic carboxylic acids is 1. The van der Waals surface area contributed by atoms with Crippen LogP contribution in [0.3, 0.4) is 0 Å². The van der Waals surface area contributed by atoms with Crippen LogP contribution in [0.25, 0.3) is 0 Å². The van der Waals surface area contributed by atoms with Gasteiger partial charge in [0.05, 0.1) is 11.7 Å². The Kier molecular flexibility index (Phi) is 5.72. The molecule has 0 aliphatic carbocycles. The maximum absolute atomic E-state index is 12.8. The molecule has 3 aliphatic rings. The molecule has 0 bridgehead atoms. The number of hydrogen-bond acceptors (Lipinski definition) is 11. The van der Waals surface area contributed by atoms with Gasteiger partial charge in [0.1, 0.15) is 30.1 Å². The largest absolute Gasteiger partial charge is 0.477 e. The van der Waals surface area contributed by atoms with Crippen LogP contribution in [-0.4, -0.2) is 85.7 Å². The van der Waals surface area contributed by atoms with Gasteiger partial charge in [-0.1, -0.05) is 5.16 Å². The van der Waals surface area contributed by atoms with Gasteiger partial charge in [-0.05, 0) is 0 Å². The number of nitrogens with one attached hydrogen (secondary N) is 2. The molecule has 0 spiro atoms. The number of alkyl halides is 1. The molecule has 4 atom stereocenters. The van der Waals surface area contributed by atoms with Crippen LogP contribution in [0, 0.1) is 0 Å². The lowest BCUT2D eigenvalue weighted by Gasteiger charge is -2.46. The summed E-state index contributed by atoms with van der Waals surface area (Å²) in [7, 11) is 1.21. The lowest BCUT2D eigenvalue weighted by Crippen LogP contribution is -2.75. The van der Waals surface area contributed by atoms with Gasteiger partial charge in [-0.2, -0.15) is 0 Å². The average Bonchev–Trinajstić information content (AvgIpc) is 3.40. The van der Waals surface area contributed by atoms with Crippen LogP contribution in [0.5, 0.6) is 0 Å². The molecule has 0 saturated carbocycles. The van der Waals surface area contributed by atoms with E-state index in [9.17, 15) is 29.1 Å². The first-order valence-corrected chi connectivity index (χ1v) is 11.3. The number of amides is 3. The van der Waals surface area contributed by atoms with Crippen LogP contribution in [0.4, 0.5) is 5.13 Å². The van der Waals surface area contributed by atoms with Crippen molar-refractivity contribution in [1.82, 2.24) is 15.2 Å². The van der Waals surface area contributed by atoms with E-state index in [-0.39, 0.29) is 28.8 Å². The summed E-state index contributed by atoms with van der Waals surface area (Å²) in [4.78, 5) is 70.2. The molecule has 4 heterocycles. The number of ether oxygens (including phenoxy) is 1. The van der Waals surface area contributed by atoms with Crippen LogP contribution >= 0.6 is 34.7 Å². The molecule has 3 fully saturated rings. The third-order valence-corrected chi connectivity index (χ3v) is 7.44. The molecule has 1 aromatic rings. The summed E-state index contributed by atoms with van der Waals surface area (Å²) < 4.78 is 5.03. The number of fused-ring (bicyclic) bond motifs is 3. The van der Waals surface area contributed by atoms with E-state index in [0.29, 0.717) is 0 Å². The Morgan fingerprint density at radius 3 is 2.88 bits per heavy atom. The predicted octanol–water partition coefficient (Wildman–Crippen LogP) is -0.833. The number of esters is 1. The molecule has 3 saturated heterocycles. The summed E-state index contributed by atoms with van der Waals surface area (Å²) in [6.45, 7) is 0. The monoisotopic (exact) mass is 503 g/mol. The normalized spacial score (nSPS) is 28.4. The smallest absolute Gasteiger partial charge is 0.371 e. The van der Waals surface area contributed by atoms with Gasteiger partial charge in [0.25, 0.3) is 17.5 Å². The SMILES string of the molecule is CON=C(C(=O)N[C@@H]1C(=O)N2[C@@H]1S[C@H]1CC(=O)O[C@]12C(=O)O)c1csc(NC(=O)CCl)n1. The fraction of sp³-hybridized carbons (Fsp3) is 0.438. The van der Waals surface area contributed by atoms with Gasteiger partial charge in [-0.3, -0.25) is 24.1 Å². The molecule has 32 heavy (non-hydrogen) atoms. The fourth-order valence-electron chi connectivity index (χ4n) is 3.56. The number of carboxylic acids is 1. The zero-order valence-electron chi connectivity index (χ0n) is 16.1. The van der Waals surface area contributed by atoms with Gasteiger partial charge in [-0.25, -0.2) is 9.78 Å². The van der Waals surface area contributed by atoms with E-state index in [1.807, 2.05) is 0 Å². The van der Waals surface area contributed by atoms with E-state index in [1.54, 1.807) is 0 Å². The topological polar surface area (TPSA) is 177 Å². The van der Waals surface area contributed by atoms with E-state index < -0.39 is 52.1 Å². The van der Waals surface area contributed by atoms with Gasteiger partial charge in [-0.15, -0.1) is 34.7 Å². The van der Waals surface area contributed by atoms with E-state index in [4.69, 9.17) is 21.2 Å². The van der Waals surface area contributed by atoms with Crippen molar-refractivity contribution >= 4 is 75.2 Å². The molecule has 0 aromatic carbocycles. The van der Waals surface area contributed by atoms with E-state index in [0.717, 1.165) is 28.0 Å².